The third-order valence-corrected chi connectivity index (χ3v) is 7.43. The second-order valence-corrected chi connectivity index (χ2v) is 9.93. The average molecular weight is 442 g/mol. The highest BCUT2D eigenvalue weighted by Crippen LogP contribution is 2.40. The Morgan fingerprint density at radius 1 is 0.970 bits per heavy atom. The van der Waals surface area contributed by atoms with E-state index in [1.807, 2.05) is 18.5 Å². The summed E-state index contributed by atoms with van der Waals surface area (Å²) in [6.07, 6.45) is 7.70. The lowest BCUT2D eigenvalue weighted by atomic mass is 9.78. The Balaban J connectivity index is 1.23. The molecule has 170 valence electrons. The van der Waals surface area contributed by atoms with Crippen molar-refractivity contribution >= 4 is 34.0 Å². The van der Waals surface area contributed by atoms with Crippen molar-refractivity contribution in [1.82, 2.24) is 24.7 Å². The van der Waals surface area contributed by atoms with Crippen LogP contribution in [0.25, 0.3) is 16.6 Å². The highest BCUT2D eigenvalue weighted by molar-refractivity contribution is 5.80. The zero-order chi connectivity index (χ0) is 22.4. The van der Waals surface area contributed by atoms with Crippen molar-refractivity contribution in [2.45, 2.75) is 39.0 Å². The van der Waals surface area contributed by atoms with Gasteiger partial charge in [-0.2, -0.15) is 4.98 Å². The zero-order valence-electron chi connectivity index (χ0n) is 19.4. The molecule has 2 saturated heterocycles. The van der Waals surface area contributed by atoms with Crippen LogP contribution in [-0.4, -0.2) is 45.5 Å². The number of rotatable bonds is 4. The number of nitrogens with one attached hydrogen (secondary N) is 2. The average Bonchev–Trinajstić information content (AvgIpc) is 3.45. The summed E-state index contributed by atoms with van der Waals surface area (Å²) in [6.45, 7) is 8.97. The molecule has 0 aliphatic carbocycles. The van der Waals surface area contributed by atoms with Gasteiger partial charge < -0.3 is 15.5 Å². The molecule has 4 aromatic heterocycles. The molecule has 0 atom stereocenters. The van der Waals surface area contributed by atoms with Gasteiger partial charge in [-0.3, -0.25) is 4.40 Å². The quantitative estimate of drug-likeness (QED) is 0.477. The second-order valence-electron chi connectivity index (χ2n) is 9.93. The number of pyridine rings is 2. The second kappa shape index (κ2) is 7.99. The molecule has 2 N–H and O–H groups in total. The highest BCUT2D eigenvalue weighted by atomic mass is 15.2. The van der Waals surface area contributed by atoms with E-state index in [1.54, 1.807) is 0 Å². The topological polar surface area (TPSA) is 70.4 Å². The van der Waals surface area contributed by atoms with E-state index >= 15 is 0 Å². The monoisotopic (exact) mass is 441 g/mol. The number of hydrogen-bond donors (Lipinski definition) is 2. The summed E-state index contributed by atoms with van der Waals surface area (Å²) in [5, 5.41) is 7.82. The molecule has 33 heavy (non-hydrogen) atoms. The SMILES string of the molecule is CC(C)c1ccc2ccc3cnc(Nc4ccc(N5CCC6(CCNCC6)C5)cn4)nc3n12. The lowest BCUT2D eigenvalue weighted by molar-refractivity contribution is 0.232. The Labute approximate surface area is 194 Å². The van der Waals surface area contributed by atoms with Crippen LogP contribution in [-0.2, 0) is 0 Å². The molecule has 2 fully saturated rings. The zero-order valence-corrected chi connectivity index (χ0v) is 19.4. The molecule has 0 saturated carbocycles. The predicted octanol–water partition coefficient (Wildman–Crippen LogP) is 4.72. The molecule has 4 aromatic rings. The predicted molar refractivity (Wildman–Crippen MR) is 133 cm³/mol. The number of anilines is 3. The van der Waals surface area contributed by atoms with Gasteiger partial charge >= 0.3 is 0 Å². The van der Waals surface area contributed by atoms with E-state index in [0.717, 1.165) is 48.5 Å². The van der Waals surface area contributed by atoms with Gasteiger partial charge in [0.25, 0.3) is 0 Å². The van der Waals surface area contributed by atoms with Crippen LogP contribution in [0.2, 0.25) is 0 Å². The van der Waals surface area contributed by atoms with Crippen molar-refractivity contribution < 1.29 is 0 Å². The molecule has 2 aliphatic rings. The minimum absolute atomic E-state index is 0.410. The van der Waals surface area contributed by atoms with E-state index < -0.39 is 0 Å². The minimum atomic E-state index is 0.410. The fourth-order valence-electron chi connectivity index (χ4n) is 5.49. The fourth-order valence-corrected chi connectivity index (χ4v) is 5.49. The maximum absolute atomic E-state index is 4.86. The Kier molecular flexibility index (Phi) is 4.94. The Morgan fingerprint density at radius 2 is 1.82 bits per heavy atom. The normalized spacial score (nSPS) is 18.1. The summed E-state index contributed by atoms with van der Waals surface area (Å²) in [6, 6.07) is 12.7. The highest BCUT2D eigenvalue weighted by Gasteiger charge is 2.38. The van der Waals surface area contributed by atoms with Gasteiger partial charge in [0.15, 0.2) is 0 Å². The molecule has 1 spiro atoms. The van der Waals surface area contributed by atoms with E-state index in [2.05, 4.69) is 74.1 Å². The van der Waals surface area contributed by atoms with Crippen molar-refractivity contribution in [3.63, 3.8) is 0 Å². The Morgan fingerprint density at radius 3 is 2.61 bits per heavy atom. The van der Waals surface area contributed by atoms with Gasteiger partial charge in [0, 0.05) is 35.9 Å². The van der Waals surface area contributed by atoms with Crippen molar-refractivity contribution in [2.24, 2.45) is 5.41 Å². The molecular formula is C26H31N7. The molecule has 0 unspecified atom stereocenters. The molecule has 6 heterocycles. The Hall–Kier alpha value is -3.19. The molecular weight excluding hydrogens is 410 g/mol. The van der Waals surface area contributed by atoms with Crippen LogP contribution in [0.1, 0.15) is 44.7 Å². The van der Waals surface area contributed by atoms with E-state index in [9.17, 15) is 0 Å². The largest absolute Gasteiger partial charge is 0.370 e. The van der Waals surface area contributed by atoms with Crippen molar-refractivity contribution in [3.8, 4) is 0 Å². The number of fused-ring (bicyclic) bond motifs is 3. The van der Waals surface area contributed by atoms with E-state index in [-0.39, 0.29) is 0 Å². The molecule has 2 aliphatic heterocycles. The van der Waals surface area contributed by atoms with Crippen LogP contribution in [0.4, 0.5) is 17.5 Å². The first-order valence-corrected chi connectivity index (χ1v) is 12.1. The van der Waals surface area contributed by atoms with E-state index in [1.165, 1.54) is 30.6 Å². The maximum Gasteiger partial charge on any atom is 0.230 e. The van der Waals surface area contributed by atoms with Gasteiger partial charge in [-0.05, 0) is 80.1 Å². The summed E-state index contributed by atoms with van der Waals surface area (Å²) in [5.74, 6) is 1.74. The van der Waals surface area contributed by atoms with Crippen LogP contribution in [0.5, 0.6) is 0 Å². The fraction of sp³-hybridized carbons (Fsp3) is 0.423. The lowest BCUT2D eigenvalue weighted by Crippen LogP contribution is -2.38. The van der Waals surface area contributed by atoms with Gasteiger partial charge in [-0.1, -0.05) is 13.8 Å². The summed E-state index contributed by atoms with van der Waals surface area (Å²) < 4.78 is 2.23. The van der Waals surface area contributed by atoms with E-state index in [4.69, 9.17) is 4.98 Å². The van der Waals surface area contributed by atoms with Gasteiger partial charge in [0.1, 0.15) is 11.5 Å². The molecule has 7 heteroatoms. The molecule has 0 bridgehead atoms. The van der Waals surface area contributed by atoms with Crippen LogP contribution >= 0.6 is 0 Å². The molecule has 0 radical (unpaired) electrons. The molecule has 0 aromatic carbocycles. The molecule has 7 nitrogen and oxygen atoms in total. The number of nitrogens with zero attached hydrogens (tertiary/aromatic N) is 5. The van der Waals surface area contributed by atoms with Crippen LogP contribution in [0.3, 0.4) is 0 Å². The van der Waals surface area contributed by atoms with Gasteiger partial charge in [-0.25, -0.2) is 9.97 Å². The maximum atomic E-state index is 4.86. The van der Waals surface area contributed by atoms with Crippen molar-refractivity contribution in [1.29, 1.82) is 0 Å². The van der Waals surface area contributed by atoms with Crippen molar-refractivity contribution in [2.75, 3.05) is 36.4 Å². The van der Waals surface area contributed by atoms with Gasteiger partial charge in [-0.15, -0.1) is 0 Å². The first-order chi connectivity index (χ1) is 16.1. The number of aromatic nitrogens is 4. The summed E-state index contributed by atoms with van der Waals surface area (Å²) in [7, 11) is 0. The number of piperidine rings is 1. The first kappa shape index (κ1) is 20.4. The molecule has 0 amide bonds. The number of hydrogen-bond acceptors (Lipinski definition) is 6. The Bertz CT molecular complexity index is 1290. The van der Waals surface area contributed by atoms with Crippen LogP contribution < -0.4 is 15.5 Å². The minimum Gasteiger partial charge on any atom is -0.370 e. The summed E-state index contributed by atoms with van der Waals surface area (Å²) in [5.41, 5.74) is 5.00. The van der Waals surface area contributed by atoms with E-state index in [0.29, 0.717) is 17.3 Å². The van der Waals surface area contributed by atoms with Crippen LogP contribution in [0, 0.1) is 5.41 Å². The summed E-state index contributed by atoms with van der Waals surface area (Å²) >= 11 is 0. The third-order valence-electron chi connectivity index (χ3n) is 7.43. The van der Waals surface area contributed by atoms with Crippen LogP contribution in [0.15, 0.2) is 48.8 Å². The van der Waals surface area contributed by atoms with Gasteiger partial charge in [0.05, 0.1) is 11.9 Å². The summed E-state index contributed by atoms with van der Waals surface area (Å²) in [4.78, 5) is 16.6. The standard InChI is InChI=1S/C26H31N7/c1-18(2)22-7-5-20-4-3-19-15-29-25(31-24(19)33(20)22)30-23-8-6-21(16-28-23)32-14-11-26(17-32)9-12-27-13-10-26/h3-8,15-16,18,27H,9-14,17H2,1-2H3,(H,28,29,30,31). The van der Waals surface area contributed by atoms with Crippen molar-refractivity contribution in [3.05, 3.63) is 54.5 Å². The smallest absolute Gasteiger partial charge is 0.230 e. The first-order valence-electron chi connectivity index (χ1n) is 12.1. The lowest BCUT2D eigenvalue weighted by Gasteiger charge is -2.34. The molecule has 6 rings (SSSR count). The van der Waals surface area contributed by atoms with Gasteiger partial charge in [0.2, 0.25) is 5.95 Å². The third kappa shape index (κ3) is 3.70.